The summed E-state index contributed by atoms with van der Waals surface area (Å²) < 4.78 is 5.49. The fourth-order valence-corrected chi connectivity index (χ4v) is 3.74. The van der Waals surface area contributed by atoms with Crippen molar-refractivity contribution in [1.82, 2.24) is 4.90 Å². The van der Waals surface area contributed by atoms with E-state index >= 15 is 0 Å². The molecule has 0 saturated heterocycles. The normalized spacial score (nSPS) is 14.5. The van der Waals surface area contributed by atoms with Gasteiger partial charge >= 0.3 is 5.97 Å². The first-order valence-corrected chi connectivity index (χ1v) is 10.9. The van der Waals surface area contributed by atoms with Crippen LogP contribution in [0.25, 0.3) is 11.8 Å². The maximum atomic E-state index is 13.4. The van der Waals surface area contributed by atoms with Gasteiger partial charge in [0, 0.05) is 10.6 Å². The van der Waals surface area contributed by atoms with E-state index < -0.39 is 5.97 Å². The molecule has 0 radical (unpaired) electrons. The number of rotatable bonds is 7. The van der Waals surface area contributed by atoms with E-state index in [-0.39, 0.29) is 11.5 Å². The van der Waals surface area contributed by atoms with Crippen LogP contribution in [0, 0.1) is 0 Å². The highest BCUT2D eigenvalue weighted by molar-refractivity contribution is 6.30. The Bertz CT molecular complexity index is 1230. The van der Waals surface area contributed by atoms with Gasteiger partial charge in [0.25, 0.3) is 5.91 Å². The summed E-state index contributed by atoms with van der Waals surface area (Å²) in [5, 5.41) is 9.75. The first-order chi connectivity index (χ1) is 15.9. The van der Waals surface area contributed by atoms with Crippen LogP contribution in [0.1, 0.15) is 34.0 Å². The molecule has 1 heterocycles. The van der Waals surface area contributed by atoms with Gasteiger partial charge in [-0.3, -0.25) is 4.79 Å². The molecule has 3 aromatic carbocycles. The summed E-state index contributed by atoms with van der Waals surface area (Å²) in [6.07, 6.45) is 3.72. The molecule has 0 aromatic heterocycles. The lowest BCUT2D eigenvalue weighted by Gasteiger charge is -2.21. The zero-order valence-electron chi connectivity index (χ0n) is 18.0. The van der Waals surface area contributed by atoms with Crippen molar-refractivity contribution in [2.24, 2.45) is 0 Å². The van der Waals surface area contributed by atoms with Crippen LogP contribution in [0.15, 0.2) is 84.4 Å². The van der Waals surface area contributed by atoms with Crippen LogP contribution < -0.4 is 4.74 Å². The van der Waals surface area contributed by atoms with Crippen LogP contribution in [-0.4, -0.2) is 28.5 Å². The molecule has 5 nitrogen and oxygen atoms in total. The number of carbonyl (C=O) groups excluding carboxylic acids is 1. The van der Waals surface area contributed by atoms with Crippen LogP contribution in [0.2, 0.25) is 5.02 Å². The Kier molecular flexibility index (Phi) is 6.61. The predicted molar refractivity (Wildman–Crippen MR) is 129 cm³/mol. The number of aromatic carboxylic acids is 1. The number of hydrogen-bond donors (Lipinski definition) is 1. The molecule has 6 heteroatoms. The number of carboxylic acids is 1. The smallest absolute Gasteiger partial charge is 0.335 e. The molecule has 4 rings (SSSR count). The number of nitrogens with zero attached hydrogens (tertiary/aromatic N) is 1. The quantitative estimate of drug-likeness (QED) is 0.446. The van der Waals surface area contributed by atoms with E-state index in [1.165, 1.54) is 0 Å². The maximum absolute atomic E-state index is 13.4. The average Bonchev–Trinajstić information content (AvgIpc) is 3.11. The molecule has 166 valence electrons. The standard InChI is InChI=1S/C27H22ClNO4/c1-2-33-24-13-5-18(6-14-24)15-22-16-25(20-9-11-23(28)12-10-20)29(26(22)30)17-19-3-7-21(8-4-19)27(31)32/h3-16H,2,17H2,1H3,(H,31,32). The zero-order valence-corrected chi connectivity index (χ0v) is 18.8. The third-order valence-electron chi connectivity index (χ3n) is 5.27. The van der Waals surface area contributed by atoms with E-state index in [1.807, 2.05) is 55.5 Å². The largest absolute Gasteiger partial charge is 0.494 e. The summed E-state index contributed by atoms with van der Waals surface area (Å²) >= 11 is 6.06. The lowest BCUT2D eigenvalue weighted by Crippen LogP contribution is -2.25. The summed E-state index contributed by atoms with van der Waals surface area (Å²) in [5.41, 5.74) is 4.11. The topological polar surface area (TPSA) is 66.8 Å². The van der Waals surface area contributed by atoms with Crippen LogP contribution >= 0.6 is 11.6 Å². The molecular weight excluding hydrogens is 438 g/mol. The summed E-state index contributed by atoms with van der Waals surface area (Å²) in [4.78, 5) is 26.2. The van der Waals surface area contributed by atoms with E-state index in [0.717, 1.165) is 28.1 Å². The van der Waals surface area contributed by atoms with Crippen molar-refractivity contribution in [1.29, 1.82) is 0 Å². The van der Waals surface area contributed by atoms with Gasteiger partial charge in [-0.1, -0.05) is 48.0 Å². The Balaban J connectivity index is 1.67. The Morgan fingerprint density at radius 3 is 2.27 bits per heavy atom. The van der Waals surface area contributed by atoms with Crippen LogP contribution in [0.4, 0.5) is 0 Å². The van der Waals surface area contributed by atoms with Crippen molar-refractivity contribution in [2.45, 2.75) is 13.5 Å². The fourth-order valence-electron chi connectivity index (χ4n) is 3.61. The summed E-state index contributed by atoms with van der Waals surface area (Å²) in [6.45, 7) is 2.84. The van der Waals surface area contributed by atoms with Gasteiger partial charge in [-0.15, -0.1) is 0 Å². The molecule has 0 saturated carbocycles. The molecule has 0 aliphatic carbocycles. The Labute approximate surface area is 197 Å². The molecule has 0 bridgehead atoms. The van der Waals surface area contributed by atoms with Gasteiger partial charge in [-0.2, -0.15) is 0 Å². The summed E-state index contributed by atoms with van der Waals surface area (Å²) in [6, 6.07) is 21.4. The molecule has 0 atom stereocenters. The van der Waals surface area contributed by atoms with Crippen molar-refractivity contribution >= 4 is 35.3 Å². The van der Waals surface area contributed by atoms with Crippen molar-refractivity contribution < 1.29 is 19.4 Å². The fraction of sp³-hybridized carbons (Fsp3) is 0.111. The van der Waals surface area contributed by atoms with Crippen molar-refractivity contribution in [3.05, 3.63) is 112 Å². The van der Waals surface area contributed by atoms with Crippen LogP contribution in [0.3, 0.4) is 0 Å². The predicted octanol–water partition coefficient (Wildman–Crippen LogP) is 5.90. The molecule has 3 aromatic rings. The third-order valence-corrected chi connectivity index (χ3v) is 5.52. The van der Waals surface area contributed by atoms with Crippen molar-refractivity contribution in [2.75, 3.05) is 6.61 Å². The first-order valence-electron chi connectivity index (χ1n) is 10.5. The molecule has 1 N–H and O–H groups in total. The van der Waals surface area contributed by atoms with Gasteiger partial charge in [0.15, 0.2) is 0 Å². The molecule has 33 heavy (non-hydrogen) atoms. The highest BCUT2D eigenvalue weighted by Gasteiger charge is 2.29. The molecule has 0 unspecified atom stereocenters. The zero-order chi connectivity index (χ0) is 23.4. The molecular formula is C27H22ClNO4. The van der Waals surface area contributed by atoms with Gasteiger partial charge in [-0.05, 0) is 72.2 Å². The number of benzene rings is 3. The minimum atomic E-state index is -0.985. The Morgan fingerprint density at radius 1 is 1.00 bits per heavy atom. The van der Waals surface area contributed by atoms with Gasteiger partial charge in [-0.25, -0.2) is 4.79 Å². The number of carbonyl (C=O) groups is 2. The van der Waals surface area contributed by atoms with Gasteiger partial charge in [0.1, 0.15) is 5.75 Å². The van der Waals surface area contributed by atoms with E-state index in [2.05, 4.69) is 0 Å². The Morgan fingerprint density at radius 2 is 1.67 bits per heavy atom. The second-order valence-corrected chi connectivity index (χ2v) is 7.97. The third kappa shape index (κ3) is 5.16. The number of hydrogen-bond acceptors (Lipinski definition) is 3. The molecule has 1 aliphatic heterocycles. The minimum Gasteiger partial charge on any atom is -0.494 e. The molecule has 0 fully saturated rings. The lowest BCUT2D eigenvalue weighted by molar-refractivity contribution is -0.123. The second-order valence-electron chi connectivity index (χ2n) is 7.53. The van der Waals surface area contributed by atoms with E-state index in [9.17, 15) is 9.59 Å². The van der Waals surface area contributed by atoms with E-state index in [1.54, 1.807) is 41.3 Å². The number of carboxylic acid groups (broad SMARTS) is 1. The van der Waals surface area contributed by atoms with Gasteiger partial charge in [0.2, 0.25) is 0 Å². The molecule has 1 aliphatic rings. The highest BCUT2D eigenvalue weighted by Crippen LogP contribution is 2.33. The van der Waals surface area contributed by atoms with E-state index in [0.29, 0.717) is 23.7 Å². The number of halogens is 1. The van der Waals surface area contributed by atoms with Crippen LogP contribution in [0.5, 0.6) is 5.75 Å². The number of amides is 1. The lowest BCUT2D eigenvalue weighted by atomic mass is 10.1. The minimum absolute atomic E-state index is 0.129. The highest BCUT2D eigenvalue weighted by atomic mass is 35.5. The SMILES string of the molecule is CCOc1ccc(C=C2C=C(c3ccc(Cl)cc3)N(Cc3ccc(C(=O)O)cc3)C2=O)cc1. The summed E-state index contributed by atoms with van der Waals surface area (Å²) in [7, 11) is 0. The number of ether oxygens (including phenoxy) is 1. The molecule has 1 amide bonds. The average molecular weight is 460 g/mol. The van der Waals surface area contributed by atoms with Gasteiger partial charge in [0.05, 0.1) is 24.4 Å². The second kappa shape index (κ2) is 9.76. The monoisotopic (exact) mass is 459 g/mol. The van der Waals surface area contributed by atoms with Crippen LogP contribution in [-0.2, 0) is 11.3 Å². The summed E-state index contributed by atoms with van der Waals surface area (Å²) in [5.74, 6) is -0.335. The Hall–Kier alpha value is -3.83. The van der Waals surface area contributed by atoms with Crippen molar-refractivity contribution in [3.8, 4) is 5.75 Å². The molecule has 0 spiro atoms. The first kappa shape index (κ1) is 22.4. The maximum Gasteiger partial charge on any atom is 0.335 e. The van der Waals surface area contributed by atoms with Gasteiger partial charge < -0.3 is 14.7 Å². The van der Waals surface area contributed by atoms with E-state index in [4.69, 9.17) is 21.4 Å². The van der Waals surface area contributed by atoms with Crippen molar-refractivity contribution in [3.63, 3.8) is 0 Å².